The van der Waals surface area contributed by atoms with E-state index in [9.17, 15) is 0 Å². The number of hydrogen-bond donors (Lipinski definition) is 1. The van der Waals surface area contributed by atoms with Crippen molar-refractivity contribution in [3.05, 3.63) is 17.3 Å². The molecular formula is C9H16ClN3. The summed E-state index contributed by atoms with van der Waals surface area (Å²) in [6, 6.07) is 3.49. The van der Waals surface area contributed by atoms with Gasteiger partial charge in [0.1, 0.15) is 5.82 Å². The Morgan fingerprint density at radius 3 is 2.23 bits per heavy atom. The summed E-state index contributed by atoms with van der Waals surface area (Å²) in [6.45, 7) is 7.09. The summed E-state index contributed by atoms with van der Waals surface area (Å²) in [5.74, 6) is 0.756. The lowest BCUT2D eigenvalue weighted by atomic mass is 10.5. The van der Waals surface area contributed by atoms with Crippen LogP contribution in [0.5, 0.6) is 0 Å². The molecule has 4 heteroatoms. The molecule has 0 radical (unpaired) electrons. The Hall–Kier alpha value is -0.830. The number of rotatable bonds is 2. The fourth-order valence-corrected chi connectivity index (χ4v) is 0.692. The molecule has 0 spiro atoms. The summed E-state index contributed by atoms with van der Waals surface area (Å²) in [6.07, 6.45) is 1.25. The molecule has 0 aliphatic rings. The third kappa shape index (κ3) is 6.34. The molecule has 0 aromatic carbocycles. The molecule has 0 aliphatic carbocycles. The van der Waals surface area contributed by atoms with Crippen molar-refractivity contribution in [1.82, 2.24) is 10.2 Å². The van der Waals surface area contributed by atoms with Gasteiger partial charge < -0.3 is 5.32 Å². The van der Waals surface area contributed by atoms with Crippen LogP contribution in [0.2, 0.25) is 5.15 Å². The highest BCUT2D eigenvalue weighted by Crippen LogP contribution is 2.04. The van der Waals surface area contributed by atoms with E-state index >= 15 is 0 Å². The summed E-state index contributed by atoms with van der Waals surface area (Å²) >= 11 is 5.51. The molecule has 0 saturated carbocycles. The number of anilines is 1. The predicted molar refractivity (Wildman–Crippen MR) is 57.2 cm³/mol. The summed E-state index contributed by atoms with van der Waals surface area (Å²) in [7, 11) is 0. The maximum atomic E-state index is 5.51. The first-order chi connectivity index (χ1) is 6.24. The summed E-state index contributed by atoms with van der Waals surface area (Å²) in [5, 5.41) is 10.8. The quantitative estimate of drug-likeness (QED) is 0.800. The molecule has 13 heavy (non-hydrogen) atoms. The molecule has 74 valence electrons. The van der Waals surface area contributed by atoms with Gasteiger partial charge in [0.25, 0.3) is 0 Å². The van der Waals surface area contributed by atoms with Crippen molar-refractivity contribution in [1.29, 1.82) is 0 Å². The SMILES string of the molecule is CCC.CCNc1ccc(Cl)nn1. The van der Waals surface area contributed by atoms with Crippen molar-refractivity contribution >= 4 is 17.4 Å². The zero-order chi connectivity index (χ0) is 10.1. The van der Waals surface area contributed by atoms with E-state index in [4.69, 9.17) is 11.6 Å². The second kappa shape index (κ2) is 7.80. The van der Waals surface area contributed by atoms with Gasteiger partial charge >= 0.3 is 0 Å². The van der Waals surface area contributed by atoms with Gasteiger partial charge in [-0.25, -0.2) is 0 Å². The normalized spacial score (nSPS) is 8.62. The van der Waals surface area contributed by atoms with Crippen LogP contribution in [-0.4, -0.2) is 16.7 Å². The maximum Gasteiger partial charge on any atom is 0.151 e. The topological polar surface area (TPSA) is 37.8 Å². The highest BCUT2D eigenvalue weighted by atomic mass is 35.5. The highest BCUT2D eigenvalue weighted by Gasteiger charge is 1.90. The fourth-order valence-electron chi connectivity index (χ4n) is 0.591. The number of hydrogen-bond acceptors (Lipinski definition) is 3. The average Bonchev–Trinajstić information content (AvgIpc) is 2.11. The molecule has 0 unspecified atom stereocenters. The minimum atomic E-state index is 0.418. The zero-order valence-corrected chi connectivity index (χ0v) is 9.10. The van der Waals surface area contributed by atoms with Crippen LogP contribution < -0.4 is 5.32 Å². The van der Waals surface area contributed by atoms with Crippen LogP contribution in [0.25, 0.3) is 0 Å². The van der Waals surface area contributed by atoms with Crippen LogP contribution in [0, 0.1) is 0 Å². The van der Waals surface area contributed by atoms with Gasteiger partial charge in [-0.2, -0.15) is 0 Å². The Labute approximate surface area is 84.5 Å². The molecule has 1 heterocycles. The second-order valence-electron chi connectivity index (χ2n) is 2.48. The van der Waals surface area contributed by atoms with E-state index in [-0.39, 0.29) is 0 Å². The van der Waals surface area contributed by atoms with E-state index < -0.39 is 0 Å². The van der Waals surface area contributed by atoms with E-state index in [1.54, 1.807) is 12.1 Å². The van der Waals surface area contributed by atoms with E-state index in [0.29, 0.717) is 5.15 Å². The Morgan fingerprint density at radius 1 is 1.23 bits per heavy atom. The lowest BCUT2D eigenvalue weighted by molar-refractivity contribution is 1.01. The Bertz CT molecular complexity index is 211. The standard InChI is InChI=1S/C6H8ClN3.C3H8/c1-2-8-6-4-3-5(7)9-10-6;1-3-2/h3-4H,2H2,1H3,(H,8,10);3H2,1-2H3. The van der Waals surface area contributed by atoms with Gasteiger partial charge in [0.05, 0.1) is 0 Å². The molecule has 0 aliphatic heterocycles. The van der Waals surface area contributed by atoms with Crippen molar-refractivity contribution in [2.45, 2.75) is 27.2 Å². The summed E-state index contributed by atoms with van der Waals surface area (Å²) in [4.78, 5) is 0. The third-order valence-electron chi connectivity index (χ3n) is 0.990. The van der Waals surface area contributed by atoms with Crippen LogP contribution >= 0.6 is 11.6 Å². The molecule has 0 fully saturated rings. The molecule has 1 aromatic rings. The first kappa shape index (κ1) is 12.2. The van der Waals surface area contributed by atoms with Crippen LogP contribution in [-0.2, 0) is 0 Å². The molecule has 0 amide bonds. The summed E-state index contributed by atoms with van der Waals surface area (Å²) < 4.78 is 0. The van der Waals surface area contributed by atoms with Gasteiger partial charge in [0.2, 0.25) is 0 Å². The number of nitrogens with zero attached hydrogens (tertiary/aromatic N) is 2. The van der Waals surface area contributed by atoms with Gasteiger partial charge in [-0.05, 0) is 19.1 Å². The third-order valence-corrected chi connectivity index (χ3v) is 1.19. The minimum absolute atomic E-state index is 0.418. The monoisotopic (exact) mass is 201 g/mol. The van der Waals surface area contributed by atoms with Crippen molar-refractivity contribution in [2.75, 3.05) is 11.9 Å². The van der Waals surface area contributed by atoms with Crippen LogP contribution in [0.1, 0.15) is 27.2 Å². The molecule has 3 nitrogen and oxygen atoms in total. The van der Waals surface area contributed by atoms with Crippen LogP contribution in [0.15, 0.2) is 12.1 Å². The number of halogens is 1. The van der Waals surface area contributed by atoms with E-state index in [1.807, 2.05) is 6.92 Å². The largest absolute Gasteiger partial charge is 0.369 e. The van der Waals surface area contributed by atoms with Gasteiger partial charge in [-0.1, -0.05) is 31.9 Å². The lowest BCUT2D eigenvalue weighted by Gasteiger charge is -1.98. The molecule has 0 saturated heterocycles. The maximum absolute atomic E-state index is 5.51. The number of aromatic nitrogens is 2. The van der Waals surface area contributed by atoms with E-state index in [2.05, 4.69) is 29.4 Å². The molecule has 0 atom stereocenters. The van der Waals surface area contributed by atoms with Gasteiger partial charge in [-0.3, -0.25) is 0 Å². The van der Waals surface area contributed by atoms with E-state index in [0.717, 1.165) is 12.4 Å². The Kier molecular flexibility index (Phi) is 7.30. The molecule has 1 aromatic heterocycles. The zero-order valence-electron chi connectivity index (χ0n) is 8.34. The highest BCUT2D eigenvalue weighted by molar-refractivity contribution is 6.29. The predicted octanol–water partition coefficient (Wildman–Crippen LogP) is 2.98. The van der Waals surface area contributed by atoms with Crippen molar-refractivity contribution in [3.8, 4) is 0 Å². The Balaban J connectivity index is 0.000000424. The summed E-state index contributed by atoms with van der Waals surface area (Å²) in [5.41, 5.74) is 0. The minimum Gasteiger partial charge on any atom is -0.369 e. The van der Waals surface area contributed by atoms with Crippen molar-refractivity contribution in [2.24, 2.45) is 0 Å². The molecule has 1 N–H and O–H groups in total. The number of nitrogens with one attached hydrogen (secondary N) is 1. The van der Waals surface area contributed by atoms with Crippen molar-refractivity contribution < 1.29 is 0 Å². The lowest BCUT2D eigenvalue weighted by Crippen LogP contribution is -1.99. The van der Waals surface area contributed by atoms with Crippen LogP contribution in [0.3, 0.4) is 0 Å². The van der Waals surface area contributed by atoms with E-state index in [1.165, 1.54) is 6.42 Å². The first-order valence-corrected chi connectivity index (χ1v) is 4.85. The van der Waals surface area contributed by atoms with Crippen molar-refractivity contribution in [3.63, 3.8) is 0 Å². The van der Waals surface area contributed by atoms with Gasteiger partial charge in [0.15, 0.2) is 5.15 Å². The average molecular weight is 202 g/mol. The van der Waals surface area contributed by atoms with Crippen LogP contribution in [0.4, 0.5) is 5.82 Å². The molecule has 0 bridgehead atoms. The van der Waals surface area contributed by atoms with Gasteiger partial charge in [0, 0.05) is 6.54 Å². The Morgan fingerprint density at radius 2 is 1.85 bits per heavy atom. The first-order valence-electron chi connectivity index (χ1n) is 4.47. The smallest absolute Gasteiger partial charge is 0.151 e. The van der Waals surface area contributed by atoms with Gasteiger partial charge in [-0.15, -0.1) is 10.2 Å². The second-order valence-corrected chi connectivity index (χ2v) is 2.87. The molecule has 1 rings (SSSR count). The molecular weight excluding hydrogens is 186 g/mol. The fraction of sp³-hybridized carbons (Fsp3) is 0.556.